The summed E-state index contributed by atoms with van der Waals surface area (Å²) in [7, 11) is 0. The summed E-state index contributed by atoms with van der Waals surface area (Å²) in [5.74, 6) is -15.2. The number of halogens is 8. The summed E-state index contributed by atoms with van der Waals surface area (Å²) < 4.78 is 115. The van der Waals surface area contributed by atoms with Gasteiger partial charge in [0.2, 0.25) is 5.82 Å². The van der Waals surface area contributed by atoms with Crippen LogP contribution in [0.4, 0.5) is 35.1 Å². The van der Waals surface area contributed by atoms with E-state index in [0.717, 1.165) is 12.1 Å². The third-order valence-electron chi connectivity index (χ3n) is 5.65. The molecule has 5 aromatic carbocycles. The zero-order valence-corrected chi connectivity index (χ0v) is 16.8. The summed E-state index contributed by atoms with van der Waals surface area (Å²) >= 11 is 0. The molecule has 0 amide bonds. The summed E-state index contributed by atoms with van der Waals surface area (Å²) in [5, 5.41) is -1.05. The highest BCUT2D eigenvalue weighted by atomic mass is 19.2. The maximum Gasteiger partial charge on any atom is 0.200 e. The summed E-state index contributed by atoms with van der Waals surface area (Å²) in [6.07, 6.45) is 0. The third kappa shape index (κ3) is 3.05. The molecule has 170 valence electrons. The summed E-state index contributed by atoms with van der Waals surface area (Å²) in [5.41, 5.74) is -1.61. The number of fused-ring (bicyclic) bond motifs is 2. The number of hydrogen-bond acceptors (Lipinski definition) is 0. The zero-order valence-electron chi connectivity index (χ0n) is 16.8. The second kappa shape index (κ2) is 7.83. The van der Waals surface area contributed by atoms with Crippen molar-refractivity contribution >= 4 is 21.5 Å². The number of rotatable bonds is 2. The van der Waals surface area contributed by atoms with Crippen LogP contribution >= 0.6 is 0 Å². The van der Waals surface area contributed by atoms with Gasteiger partial charge in [-0.2, -0.15) is 0 Å². The first-order valence-electron chi connectivity index (χ1n) is 9.82. The molecule has 0 saturated carbocycles. The summed E-state index contributed by atoms with van der Waals surface area (Å²) in [4.78, 5) is 0. The second-order valence-electron chi connectivity index (χ2n) is 7.54. The van der Waals surface area contributed by atoms with Crippen LogP contribution in [0.2, 0.25) is 0 Å². The Balaban J connectivity index is 2.13. The largest absolute Gasteiger partial charge is 0.206 e. The first kappa shape index (κ1) is 21.9. The maximum absolute atomic E-state index is 15.2. The highest BCUT2D eigenvalue weighted by Gasteiger charge is 2.31. The lowest BCUT2D eigenvalue weighted by Gasteiger charge is -2.19. The smallest absolute Gasteiger partial charge is 0.200 e. The van der Waals surface area contributed by atoms with Crippen molar-refractivity contribution in [3.8, 4) is 22.3 Å². The van der Waals surface area contributed by atoms with E-state index in [1.54, 1.807) is 30.3 Å². The van der Waals surface area contributed by atoms with Crippen molar-refractivity contribution < 1.29 is 35.1 Å². The standard InChI is InChI=1S/C26H10F8/c27-15-8-4-7-12-18(11-5-2-1-3-6-11)13-9-16(28)17(29)10-14(13)20(19(12)15)21-22(30)24(32)26(34)25(33)23(21)31/h1-10H. The van der Waals surface area contributed by atoms with Crippen LogP contribution in [0.5, 0.6) is 0 Å². The van der Waals surface area contributed by atoms with Crippen molar-refractivity contribution in [3.05, 3.63) is 107 Å². The van der Waals surface area contributed by atoms with E-state index in [1.165, 1.54) is 12.1 Å². The minimum atomic E-state index is -2.40. The van der Waals surface area contributed by atoms with Crippen LogP contribution in [0.25, 0.3) is 43.8 Å². The van der Waals surface area contributed by atoms with Gasteiger partial charge in [0.1, 0.15) is 5.82 Å². The van der Waals surface area contributed by atoms with Crippen molar-refractivity contribution in [2.45, 2.75) is 0 Å². The minimum absolute atomic E-state index is 0.00338. The lowest BCUT2D eigenvalue weighted by molar-refractivity contribution is 0.381. The van der Waals surface area contributed by atoms with Crippen molar-refractivity contribution in [1.82, 2.24) is 0 Å². The van der Waals surface area contributed by atoms with E-state index < -0.39 is 68.4 Å². The van der Waals surface area contributed by atoms with Crippen LogP contribution in [0.1, 0.15) is 0 Å². The van der Waals surface area contributed by atoms with Gasteiger partial charge < -0.3 is 0 Å². The summed E-state index contributed by atoms with van der Waals surface area (Å²) in [6, 6.07) is 13.0. The van der Waals surface area contributed by atoms with Crippen LogP contribution in [0.3, 0.4) is 0 Å². The minimum Gasteiger partial charge on any atom is -0.206 e. The Morgan fingerprint density at radius 2 is 0.912 bits per heavy atom. The van der Waals surface area contributed by atoms with Crippen LogP contribution in [0.15, 0.2) is 60.7 Å². The van der Waals surface area contributed by atoms with Gasteiger partial charge in [0.05, 0.1) is 5.56 Å². The molecular formula is C26H10F8. The number of benzene rings is 5. The lowest BCUT2D eigenvalue weighted by atomic mass is 9.85. The van der Waals surface area contributed by atoms with E-state index in [2.05, 4.69) is 0 Å². The topological polar surface area (TPSA) is 0 Å². The molecule has 0 aliphatic heterocycles. The first-order valence-corrected chi connectivity index (χ1v) is 9.82. The fraction of sp³-hybridized carbons (Fsp3) is 0. The normalized spacial score (nSPS) is 11.5. The average Bonchev–Trinajstić information content (AvgIpc) is 2.83. The maximum atomic E-state index is 15.2. The molecule has 0 aliphatic rings. The van der Waals surface area contributed by atoms with Gasteiger partial charge >= 0.3 is 0 Å². The van der Waals surface area contributed by atoms with Crippen molar-refractivity contribution in [2.75, 3.05) is 0 Å². The van der Waals surface area contributed by atoms with E-state index in [4.69, 9.17) is 0 Å². The van der Waals surface area contributed by atoms with Crippen LogP contribution in [-0.2, 0) is 0 Å². The summed E-state index contributed by atoms with van der Waals surface area (Å²) in [6.45, 7) is 0. The van der Waals surface area contributed by atoms with E-state index in [9.17, 15) is 30.7 Å². The Labute approximate surface area is 186 Å². The van der Waals surface area contributed by atoms with E-state index >= 15 is 4.39 Å². The molecule has 5 rings (SSSR count). The molecule has 5 aromatic rings. The predicted octanol–water partition coefficient (Wildman–Crippen LogP) is 8.44. The molecule has 34 heavy (non-hydrogen) atoms. The molecule has 0 nitrogen and oxygen atoms in total. The van der Waals surface area contributed by atoms with Gasteiger partial charge in [0, 0.05) is 10.9 Å². The Kier molecular flexibility index (Phi) is 5.04. The number of hydrogen-bond donors (Lipinski definition) is 0. The molecule has 0 bridgehead atoms. The predicted molar refractivity (Wildman–Crippen MR) is 112 cm³/mol. The third-order valence-corrected chi connectivity index (χ3v) is 5.65. The quantitative estimate of drug-likeness (QED) is 0.104. The fourth-order valence-corrected chi connectivity index (χ4v) is 4.23. The van der Waals surface area contributed by atoms with Gasteiger partial charge in [-0.15, -0.1) is 0 Å². The molecule has 0 atom stereocenters. The van der Waals surface area contributed by atoms with Gasteiger partial charge in [-0.25, -0.2) is 35.1 Å². The molecule has 0 heterocycles. The van der Waals surface area contributed by atoms with Crippen LogP contribution in [-0.4, -0.2) is 0 Å². The molecule has 0 spiro atoms. The van der Waals surface area contributed by atoms with E-state index in [1.807, 2.05) is 0 Å². The van der Waals surface area contributed by atoms with Gasteiger partial charge in [-0.05, 0) is 45.5 Å². The average molecular weight is 474 g/mol. The molecule has 8 heteroatoms. The fourth-order valence-electron chi connectivity index (χ4n) is 4.23. The first-order chi connectivity index (χ1) is 16.2. The molecule has 0 N–H and O–H groups in total. The van der Waals surface area contributed by atoms with Crippen LogP contribution < -0.4 is 0 Å². The van der Waals surface area contributed by atoms with Crippen molar-refractivity contribution in [3.63, 3.8) is 0 Å². The lowest BCUT2D eigenvalue weighted by Crippen LogP contribution is -2.06. The highest BCUT2D eigenvalue weighted by Crippen LogP contribution is 2.47. The molecule has 0 unspecified atom stereocenters. The second-order valence-corrected chi connectivity index (χ2v) is 7.54. The Bertz CT molecular complexity index is 1600. The molecule has 0 fully saturated rings. The SMILES string of the molecule is Fc1cc2c(-c3ccccc3)c3cccc(F)c3c(-c3c(F)c(F)c(F)c(F)c3F)c2cc1F. The monoisotopic (exact) mass is 474 g/mol. The molecule has 0 radical (unpaired) electrons. The van der Waals surface area contributed by atoms with Gasteiger partial charge in [0.25, 0.3) is 0 Å². The van der Waals surface area contributed by atoms with E-state index in [0.29, 0.717) is 11.6 Å². The van der Waals surface area contributed by atoms with Gasteiger partial charge in [-0.3, -0.25) is 0 Å². The Morgan fingerprint density at radius 1 is 0.382 bits per heavy atom. The Hall–Kier alpha value is -3.94. The highest BCUT2D eigenvalue weighted by molar-refractivity contribution is 6.21. The van der Waals surface area contributed by atoms with Gasteiger partial charge in [0.15, 0.2) is 34.9 Å². The molecule has 0 saturated heterocycles. The zero-order chi connectivity index (χ0) is 24.3. The van der Waals surface area contributed by atoms with Crippen LogP contribution in [0, 0.1) is 46.5 Å². The van der Waals surface area contributed by atoms with E-state index in [-0.39, 0.29) is 16.3 Å². The van der Waals surface area contributed by atoms with Crippen molar-refractivity contribution in [2.24, 2.45) is 0 Å². The molecule has 0 aromatic heterocycles. The Morgan fingerprint density at radius 3 is 1.50 bits per heavy atom. The van der Waals surface area contributed by atoms with Gasteiger partial charge in [-0.1, -0.05) is 42.5 Å². The molecule has 0 aliphatic carbocycles. The molecular weight excluding hydrogens is 464 g/mol. The van der Waals surface area contributed by atoms with Crippen molar-refractivity contribution in [1.29, 1.82) is 0 Å².